The Morgan fingerprint density at radius 1 is 1.26 bits per heavy atom. The Morgan fingerprint density at radius 2 is 2.00 bits per heavy atom. The highest BCUT2D eigenvalue weighted by atomic mass is 16.4. The third-order valence-corrected chi connectivity index (χ3v) is 4.50. The molecule has 2 aliphatic rings. The van der Waals surface area contributed by atoms with Crippen LogP contribution in [0.5, 0.6) is 0 Å². The van der Waals surface area contributed by atoms with Crippen LogP contribution in [0.4, 0.5) is 0 Å². The van der Waals surface area contributed by atoms with Crippen molar-refractivity contribution in [2.24, 2.45) is 11.8 Å². The van der Waals surface area contributed by atoms with Crippen molar-refractivity contribution in [1.82, 2.24) is 4.90 Å². The minimum absolute atomic E-state index is 0.398. The lowest BCUT2D eigenvalue weighted by Gasteiger charge is -2.41. The zero-order valence-corrected chi connectivity index (χ0v) is 11.2. The summed E-state index contributed by atoms with van der Waals surface area (Å²) in [5, 5.41) is 9.03. The fourth-order valence-electron chi connectivity index (χ4n) is 3.73. The lowest BCUT2D eigenvalue weighted by Crippen LogP contribution is -2.42. The minimum atomic E-state index is -0.836. The van der Waals surface area contributed by atoms with Gasteiger partial charge in [0.05, 0.1) is 5.56 Å². The van der Waals surface area contributed by atoms with Crippen LogP contribution in [0.2, 0.25) is 0 Å². The molecule has 1 aromatic rings. The van der Waals surface area contributed by atoms with Gasteiger partial charge in [0.2, 0.25) is 0 Å². The summed E-state index contributed by atoms with van der Waals surface area (Å²) < 4.78 is 0. The van der Waals surface area contributed by atoms with E-state index in [1.54, 1.807) is 6.07 Å². The molecule has 1 heterocycles. The van der Waals surface area contributed by atoms with Crippen LogP contribution in [-0.2, 0) is 6.54 Å². The lowest BCUT2D eigenvalue weighted by molar-refractivity contribution is 0.0695. The van der Waals surface area contributed by atoms with Gasteiger partial charge in [0, 0.05) is 19.6 Å². The number of carbonyl (C=O) groups is 1. The second-order valence-corrected chi connectivity index (χ2v) is 6.10. The molecule has 3 heteroatoms. The molecular weight excluding hydrogens is 238 g/mol. The molecule has 0 aromatic heterocycles. The summed E-state index contributed by atoms with van der Waals surface area (Å²) in [6.45, 7) is 3.27. The molecule has 19 heavy (non-hydrogen) atoms. The number of carboxylic acids is 1. The number of hydrogen-bond donors (Lipinski definition) is 1. The molecule has 0 unspecified atom stereocenters. The van der Waals surface area contributed by atoms with Gasteiger partial charge in [0.1, 0.15) is 0 Å². The van der Waals surface area contributed by atoms with E-state index in [1.165, 1.54) is 38.8 Å². The van der Waals surface area contributed by atoms with Crippen molar-refractivity contribution < 1.29 is 9.90 Å². The Labute approximate surface area is 114 Å². The third kappa shape index (κ3) is 2.98. The molecule has 0 amide bonds. The van der Waals surface area contributed by atoms with Gasteiger partial charge in [-0.1, -0.05) is 18.6 Å². The Bertz CT molecular complexity index is 460. The van der Waals surface area contributed by atoms with Crippen molar-refractivity contribution in [2.75, 3.05) is 13.1 Å². The van der Waals surface area contributed by atoms with E-state index in [0.29, 0.717) is 5.56 Å². The fraction of sp³-hybridized carbons (Fsp3) is 0.562. The first-order valence-corrected chi connectivity index (χ1v) is 7.25. The maximum atomic E-state index is 11.0. The Kier molecular flexibility index (Phi) is 3.56. The Hall–Kier alpha value is -1.35. The van der Waals surface area contributed by atoms with Crippen molar-refractivity contribution in [3.05, 3.63) is 35.4 Å². The van der Waals surface area contributed by atoms with Gasteiger partial charge in [0.15, 0.2) is 0 Å². The molecule has 1 aliphatic carbocycles. The number of aromatic carboxylic acids is 1. The van der Waals surface area contributed by atoms with Crippen molar-refractivity contribution in [3.8, 4) is 0 Å². The van der Waals surface area contributed by atoms with Crippen LogP contribution in [0.1, 0.15) is 41.6 Å². The molecule has 3 nitrogen and oxygen atoms in total. The highest BCUT2D eigenvalue weighted by molar-refractivity contribution is 5.87. The summed E-state index contributed by atoms with van der Waals surface area (Å²) in [5.74, 6) is 0.905. The number of nitrogens with zero attached hydrogens (tertiary/aromatic N) is 1. The predicted molar refractivity (Wildman–Crippen MR) is 74.1 cm³/mol. The standard InChI is InChI=1S/C16H21NO2/c18-16(19)15-6-2-5-14(8-15)11-17-9-12-3-1-4-13(7-12)10-17/h2,5-6,8,12-13H,1,3-4,7,9-11H2,(H,18,19)/t12-,13-/m0/s1. The maximum absolute atomic E-state index is 11.0. The van der Waals surface area contributed by atoms with Gasteiger partial charge >= 0.3 is 5.97 Å². The number of likely N-dealkylation sites (tertiary alicyclic amines) is 1. The molecule has 0 radical (unpaired) electrons. The van der Waals surface area contributed by atoms with Crippen LogP contribution in [0.15, 0.2) is 24.3 Å². The summed E-state index contributed by atoms with van der Waals surface area (Å²) in [6.07, 6.45) is 5.56. The Balaban J connectivity index is 1.68. The van der Waals surface area contributed by atoms with Gasteiger partial charge in [-0.2, -0.15) is 0 Å². The summed E-state index contributed by atoms with van der Waals surface area (Å²) in [5.41, 5.74) is 1.52. The molecule has 0 spiro atoms. The number of hydrogen-bond acceptors (Lipinski definition) is 2. The fourth-order valence-corrected chi connectivity index (χ4v) is 3.73. The van der Waals surface area contributed by atoms with E-state index in [0.717, 1.165) is 23.9 Å². The van der Waals surface area contributed by atoms with E-state index in [9.17, 15) is 4.79 Å². The molecule has 2 atom stereocenters. The quantitative estimate of drug-likeness (QED) is 0.907. The van der Waals surface area contributed by atoms with Gasteiger partial charge in [-0.15, -0.1) is 0 Å². The summed E-state index contributed by atoms with van der Waals surface area (Å²) in [6, 6.07) is 7.36. The van der Waals surface area contributed by atoms with Gasteiger partial charge in [0.25, 0.3) is 0 Å². The van der Waals surface area contributed by atoms with Crippen LogP contribution >= 0.6 is 0 Å². The average molecular weight is 259 g/mol. The van der Waals surface area contributed by atoms with Crippen molar-refractivity contribution in [1.29, 1.82) is 0 Å². The van der Waals surface area contributed by atoms with Crippen LogP contribution < -0.4 is 0 Å². The zero-order valence-electron chi connectivity index (χ0n) is 11.2. The second-order valence-electron chi connectivity index (χ2n) is 6.10. The Morgan fingerprint density at radius 3 is 2.68 bits per heavy atom. The molecule has 3 rings (SSSR count). The van der Waals surface area contributed by atoms with Crippen LogP contribution in [0.3, 0.4) is 0 Å². The zero-order chi connectivity index (χ0) is 13.2. The largest absolute Gasteiger partial charge is 0.478 e. The average Bonchev–Trinajstić information content (AvgIpc) is 2.38. The molecule has 1 saturated carbocycles. The smallest absolute Gasteiger partial charge is 0.335 e. The molecule has 1 N–H and O–H groups in total. The first kappa shape index (κ1) is 12.7. The molecule has 2 fully saturated rings. The van der Waals surface area contributed by atoms with E-state index < -0.39 is 5.97 Å². The summed E-state index contributed by atoms with van der Waals surface area (Å²) in [4.78, 5) is 13.5. The van der Waals surface area contributed by atoms with E-state index in [4.69, 9.17) is 5.11 Å². The molecule has 2 bridgehead atoms. The molecule has 1 saturated heterocycles. The number of rotatable bonds is 3. The van der Waals surface area contributed by atoms with Crippen molar-refractivity contribution in [2.45, 2.75) is 32.2 Å². The topological polar surface area (TPSA) is 40.5 Å². The van der Waals surface area contributed by atoms with Gasteiger partial charge < -0.3 is 5.11 Å². The lowest BCUT2D eigenvalue weighted by atomic mass is 9.78. The van der Waals surface area contributed by atoms with Crippen LogP contribution in [0, 0.1) is 11.8 Å². The van der Waals surface area contributed by atoms with E-state index in [2.05, 4.69) is 4.90 Å². The first-order chi connectivity index (χ1) is 9.20. The molecular formula is C16H21NO2. The summed E-state index contributed by atoms with van der Waals surface area (Å²) in [7, 11) is 0. The second kappa shape index (κ2) is 5.33. The number of fused-ring (bicyclic) bond motifs is 2. The number of carboxylic acid groups (broad SMARTS) is 1. The third-order valence-electron chi connectivity index (χ3n) is 4.50. The number of piperidine rings is 1. The van der Waals surface area contributed by atoms with Crippen molar-refractivity contribution >= 4 is 5.97 Å². The van der Waals surface area contributed by atoms with Gasteiger partial charge in [-0.25, -0.2) is 4.79 Å². The van der Waals surface area contributed by atoms with Crippen LogP contribution in [0.25, 0.3) is 0 Å². The highest BCUT2D eigenvalue weighted by Crippen LogP contribution is 2.34. The number of benzene rings is 1. The monoisotopic (exact) mass is 259 g/mol. The molecule has 1 aliphatic heterocycles. The van der Waals surface area contributed by atoms with Gasteiger partial charge in [-0.05, 0) is 48.8 Å². The maximum Gasteiger partial charge on any atom is 0.335 e. The SMILES string of the molecule is O=C(O)c1cccc(CN2C[C@H]3CCC[C@@H](C3)C2)c1. The minimum Gasteiger partial charge on any atom is -0.478 e. The van der Waals surface area contributed by atoms with E-state index in [1.807, 2.05) is 18.2 Å². The van der Waals surface area contributed by atoms with Crippen LogP contribution in [-0.4, -0.2) is 29.1 Å². The first-order valence-electron chi connectivity index (χ1n) is 7.25. The molecule has 1 aromatic carbocycles. The van der Waals surface area contributed by atoms with E-state index in [-0.39, 0.29) is 0 Å². The summed E-state index contributed by atoms with van der Waals surface area (Å²) >= 11 is 0. The highest BCUT2D eigenvalue weighted by Gasteiger charge is 2.30. The van der Waals surface area contributed by atoms with Crippen molar-refractivity contribution in [3.63, 3.8) is 0 Å². The van der Waals surface area contributed by atoms with E-state index >= 15 is 0 Å². The molecule has 102 valence electrons. The predicted octanol–water partition coefficient (Wildman–Crippen LogP) is 3.01. The van der Waals surface area contributed by atoms with Gasteiger partial charge in [-0.3, -0.25) is 4.90 Å². The normalized spacial score (nSPS) is 27.2.